The molecule has 0 radical (unpaired) electrons. The van der Waals surface area contributed by atoms with Gasteiger partial charge in [0.05, 0.1) is 0 Å². The Hall–Kier alpha value is -0.900. The van der Waals surface area contributed by atoms with E-state index < -0.39 is 18.0 Å². The minimum absolute atomic E-state index is 0.225. The Balaban J connectivity index is 2.57. The van der Waals surface area contributed by atoms with Gasteiger partial charge in [0.2, 0.25) is 0 Å². The molecule has 0 bridgehead atoms. The van der Waals surface area contributed by atoms with Crippen LogP contribution in [0.2, 0.25) is 0 Å². The number of aliphatic hydroxyl groups excluding tert-OH is 1. The second kappa shape index (κ2) is 2.79. The Kier molecular flexibility index (Phi) is 2.01. The molecule has 4 heteroatoms. The van der Waals surface area contributed by atoms with Crippen molar-refractivity contribution < 1.29 is 19.4 Å². The standard InChI is InChI=1S/C6H8O4/c7-4-2-1-3-5(8)10-6(4)9/h4,7H,1-3H2. The van der Waals surface area contributed by atoms with Crippen molar-refractivity contribution in [2.45, 2.75) is 25.4 Å². The van der Waals surface area contributed by atoms with Crippen molar-refractivity contribution in [1.29, 1.82) is 0 Å². The molecule has 1 aliphatic heterocycles. The molecule has 56 valence electrons. The summed E-state index contributed by atoms with van der Waals surface area (Å²) in [5.41, 5.74) is 0. The predicted molar refractivity (Wildman–Crippen MR) is 31.0 cm³/mol. The highest BCUT2D eigenvalue weighted by Gasteiger charge is 2.23. The summed E-state index contributed by atoms with van der Waals surface area (Å²) in [6.45, 7) is 0. The van der Waals surface area contributed by atoms with Gasteiger partial charge in [-0.25, -0.2) is 4.79 Å². The lowest BCUT2D eigenvalue weighted by Gasteiger charge is -2.00. The molecule has 0 spiro atoms. The Morgan fingerprint density at radius 2 is 2.20 bits per heavy atom. The van der Waals surface area contributed by atoms with Crippen LogP contribution >= 0.6 is 0 Å². The van der Waals surface area contributed by atoms with E-state index in [0.29, 0.717) is 12.8 Å². The number of esters is 2. The van der Waals surface area contributed by atoms with E-state index in [1.165, 1.54) is 0 Å². The summed E-state index contributed by atoms with van der Waals surface area (Å²) in [7, 11) is 0. The number of carbonyl (C=O) groups excluding carboxylic acids is 2. The van der Waals surface area contributed by atoms with Crippen LogP contribution in [0.4, 0.5) is 0 Å². The molecule has 0 aromatic rings. The molecule has 0 aliphatic carbocycles. The first-order chi connectivity index (χ1) is 4.70. The van der Waals surface area contributed by atoms with Crippen molar-refractivity contribution in [3.8, 4) is 0 Å². The lowest BCUT2D eigenvalue weighted by atomic mass is 10.2. The summed E-state index contributed by atoms with van der Waals surface area (Å²) in [6.07, 6.45) is -0.0366. The van der Waals surface area contributed by atoms with Crippen LogP contribution in [0.3, 0.4) is 0 Å². The molecule has 4 nitrogen and oxygen atoms in total. The fourth-order valence-corrected chi connectivity index (χ4v) is 0.789. The third kappa shape index (κ3) is 1.54. The molecule has 0 amide bonds. The van der Waals surface area contributed by atoms with Gasteiger partial charge >= 0.3 is 11.9 Å². The molecule has 0 aromatic heterocycles. The number of carbonyl (C=O) groups is 2. The highest BCUT2D eigenvalue weighted by molar-refractivity contribution is 5.88. The summed E-state index contributed by atoms with van der Waals surface area (Å²) in [6, 6.07) is 0. The molecule has 1 unspecified atom stereocenters. The van der Waals surface area contributed by atoms with Gasteiger partial charge in [-0.05, 0) is 12.8 Å². The Bertz CT molecular complexity index is 163. The zero-order valence-electron chi connectivity index (χ0n) is 5.37. The predicted octanol–water partition coefficient (Wildman–Crippen LogP) is -0.399. The Morgan fingerprint density at radius 3 is 2.90 bits per heavy atom. The van der Waals surface area contributed by atoms with Crippen molar-refractivity contribution in [3.63, 3.8) is 0 Å². The molecule has 1 saturated heterocycles. The first-order valence-electron chi connectivity index (χ1n) is 3.13. The van der Waals surface area contributed by atoms with E-state index in [0.717, 1.165) is 0 Å². The SMILES string of the molecule is O=C1CCCC(O)C(=O)O1. The smallest absolute Gasteiger partial charge is 0.342 e. The van der Waals surface area contributed by atoms with Gasteiger partial charge in [-0.1, -0.05) is 0 Å². The van der Waals surface area contributed by atoms with E-state index in [1.807, 2.05) is 0 Å². The number of ether oxygens (including phenoxy) is 1. The van der Waals surface area contributed by atoms with Gasteiger partial charge < -0.3 is 9.84 Å². The second-order valence-corrected chi connectivity index (χ2v) is 2.20. The number of hydrogen-bond acceptors (Lipinski definition) is 4. The molecule has 1 heterocycles. The van der Waals surface area contributed by atoms with E-state index in [9.17, 15) is 9.59 Å². The number of aliphatic hydroxyl groups is 1. The molecule has 0 aromatic carbocycles. The topological polar surface area (TPSA) is 63.6 Å². The second-order valence-electron chi connectivity index (χ2n) is 2.20. The third-order valence-electron chi connectivity index (χ3n) is 1.34. The quantitative estimate of drug-likeness (QED) is 0.371. The molecular weight excluding hydrogens is 136 g/mol. The maximum Gasteiger partial charge on any atom is 0.342 e. The highest BCUT2D eigenvalue weighted by Crippen LogP contribution is 2.09. The Labute approximate surface area is 57.8 Å². The highest BCUT2D eigenvalue weighted by atomic mass is 16.6. The molecule has 1 N–H and O–H groups in total. The van der Waals surface area contributed by atoms with E-state index in [-0.39, 0.29) is 6.42 Å². The van der Waals surface area contributed by atoms with E-state index in [1.54, 1.807) is 0 Å². The van der Waals surface area contributed by atoms with Gasteiger partial charge in [0.25, 0.3) is 0 Å². The van der Waals surface area contributed by atoms with Gasteiger partial charge in [0.1, 0.15) is 0 Å². The van der Waals surface area contributed by atoms with E-state index >= 15 is 0 Å². The fourth-order valence-electron chi connectivity index (χ4n) is 0.789. The van der Waals surface area contributed by atoms with E-state index in [4.69, 9.17) is 5.11 Å². The lowest BCUT2D eigenvalue weighted by molar-refractivity contribution is -0.163. The van der Waals surface area contributed by atoms with Crippen LogP contribution in [0.15, 0.2) is 0 Å². The average molecular weight is 144 g/mol. The van der Waals surface area contributed by atoms with Crippen LogP contribution in [-0.2, 0) is 14.3 Å². The molecule has 1 fully saturated rings. The monoisotopic (exact) mass is 144 g/mol. The van der Waals surface area contributed by atoms with Gasteiger partial charge in [0.15, 0.2) is 6.10 Å². The van der Waals surface area contributed by atoms with Gasteiger partial charge in [-0.2, -0.15) is 0 Å². The third-order valence-corrected chi connectivity index (χ3v) is 1.34. The molecule has 1 aliphatic rings. The maximum absolute atomic E-state index is 10.5. The number of cyclic esters (lactones) is 2. The summed E-state index contributed by atoms with van der Waals surface area (Å²) in [4.78, 5) is 21.0. The fraction of sp³-hybridized carbons (Fsp3) is 0.667. The van der Waals surface area contributed by atoms with Crippen LogP contribution in [0, 0.1) is 0 Å². The molecule has 1 rings (SSSR count). The number of hydrogen-bond donors (Lipinski definition) is 1. The minimum Gasteiger partial charge on any atom is -0.391 e. The molecule has 10 heavy (non-hydrogen) atoms. The van der Waals surface area contributed by atoms with Gasteiger partial charge in [-0.15, -0.1) is 0 Å². The van der Waals surface area contributed by atoms with Gasteiger partial charge in [-0.3, -0.25) is 4.79 Å². The van der Waals surface area contributed by atoms with Crippen molar-refractivity contribution in [2.75, 3.05) is 0 Å². The molecular formula is C6H8O4. The lowest BCUT2D eigenvalue weighted by Crippen LogP contribution is -2.21. The minimum atomic E-state index is -1.11. The number of rotatable bonds is 0. The zero-order chi connectivity index (χ0) is 7.56. The maximum atomic E-state index is 10.5. The van der Waals surface area contributed by atoms with Crippen LogP contribution < -0.4 is 0 Å². The molecule has 1 atom stereocenters. The largest absolute Gasteiger partial charge is 0.391 e. The first-order valence-corrected chi connectivity index (χ1v) is 3.13. The first kappa shape index (κ1) is 7.21. The summed E-state index contributed by atoms with van der Waals surface area (Å²) < 4.78 is 4.20. The normalized spacial score (nSPS) is 27.5. The van der Waals surface area contributed by atoms with Crippen molar-refractivity contribution >= 4 is 11.9 Å². The van der Waals surface area contributed by atoms with Crippen molar-refractivity contribution in [3.05, 3.63) is 0 Å². The van der Waals surface area contributed by atoms with Crippen molar-refractivity contribution in [2.24, 2.45) is 0 Å². The Morgan fingerprint density at radius 1 is 1.50 bits per heavy atom. The zero-order valence-corrected chi connectivity index (χ0v) is 5.37. The van der Waals surface area contributed by atoms with Crippen LogP contribution in [0.1, 0.15) is 19.3 Å². The van der Waals surface area contributed by atoms with Crippen LogP contribution in [0.25, 0.3) is 0 Å². The van der Waals surface area contributed by atoms with E-state index in [2.05, 4.69) is 4.74 Å². The van der Waals surface area contributed by atoms with Crippen molar-refractivity contribution in [1.82, 2.24) is 0 Å². The molecule has 0 saturated carbocycles. The van der Waals surface area contributed by atoms with Crippen LogP contribution in [0.5, 0.6) is 0 Å². The summed E-state index contributed by atoms with van der Waals surface area (Å²) in [5.74, 6) is -1.36. The summed E-state index contributed by atoms with van der Waals surface area (Å²) >= 11 is 0. The van der Waals surface area contributed by atoms with Gasteiger partial charge in [0, 0.05) is 6.42 Å². The van der Waals surface area contributed by atoms with Crippen LogP contribution in [-0.4, -0.2) is 23.1 Å². The average Bonchev–Trinajstić information content (AvgIpc) is 1.96. The summed E-state index contributed by atoms with van der Waals surface area (Å²) in [5, 5.41) is 8.85.